The Labute approximate surface area is 99.0 Å². The van der Waals surface area contributed by atoms with Crippen LogP contribution < -0.4 is 0 Å². The summed E-state index contributed by atoms with van der Waals surface area (Å²) in [5.74, 6) is 2.90. The van der Waals surface area contributed by atoms with Gasteiger partial charge < -0.3 is 0 Å². The molecule has 0 N–H and O–H groups in total. The molecule has 0 saturated heterocycles. The topological polar surface area (TPSA) is 17.1 Å². The third-order valence-corrected chi connectivity index (χ3v) is 6.41. The molecule has 0 aromatic rings. The molecule has 1 nitrogen and oxygen atoms in total. The molecule has 3 fully saturated rings. The second-order valence-electron chi connectivity index (χ2n) is 7.24. The summed E-state index contributed by atoms with van der Waals surface area (Å²) in [7, 11) is 0. The molecule has 3 aliphatic carbocycles. The van der Waals surface area contributed by atoms with Crippen LogP contribution in [-0.4, -0.2) is 5.78 Å². The van der Waals surface area contributed by atoms with Crippen LogP contribution in [0.1, 0.15) is 53.4 Å². The maximum atomic E-state index is 12.5. The van der Waals surface area contributed by atoms with Crippen LogP contribution in [0.3, 0.4) is 0 Å². The number of hydrogen-bond acceptors (Lipinski definition) is 1. The molecule has 0 bridgehead atoms. The van der Waals surface area contributed by atoms with Crippen molar-refractivity contribution < 1.29 is 4.79 Å². The van der Waals surface area contributed by atoms with Gasteiger partial charge in [-0.2, -0.15) is 0 Å². The van der Waals surface area contributed by atoms with E-state index >= 15 is 0 Å². The van der Waals surface area contributed by atoms with Gasteiger partial charge >= 0.3 is 0 Å². The Bertz CT molecular complexity index is 343. The van der Waals surface area contributed by atoms with Crippen LogP contribution in [0.15, 0.2) is 0 Å². The SMILES string of the molecule is C[C@@H]1CC[C@]23[C@@H](C)CC[C@H]2C(C)(C)[C@@H]3C1=O. The van der Waals surface area contributed by atoms with E-state index in [0.29, 0.717) is 23.0 Å². The van der Waals surface area contributed by atoms with Crippen LogP contribution in [-0.2, 0) is 4.79 Å². The normalized spacial score (nSPS) is 54.1. The monoisotopic (exact) mass is 220 g/mol. The Morgan fingerprint density at radius 1 is 1.12 bits per heavy atom. The highest BCUT2D eigenvalue weighted by atomic mass is 16.1. The van der Waals surface area contributed by atoms with Crippen molar-refractivity contribution in [1.82, 2.24) is 0 Å². The maximum absolute atomic E-state index is 12.5. The minimum Gasteiger partial charge on any atom is -0.299 e. The summed E-state index contributed by atoms with van der Waals surface area (Å²) < 4.78 is 0. The zero-order valence-electron chi connectivity index (χ0n) is 11.0. The highest BCUT2D eigenvalue weighted by Gasteiger charge is 2.73. The van der Waals surface area contributed by atoms with Gasteiger partial charge in [-0.25, -0.2) is 0 Å². The van der Waals surface area contributed by atoms with Gasteiger partial charge in [-0.1, -0.05) is 27.7 Å². The lowest BCUT2D eigenvalue weighted by molar-refractivity contribution is -0.207. The van der Waals surface area contributed by atoms with E-state index < -0.39 is 0 Å². The van der Waals surface area contributed by atoms with Crippen LogP contribution >= 0.6 is 0 Å². The largest absolute Gasteiger partial charge is 0.299 e. The predicted octanol–water partition coefficient (Wildman–Crippen LogP) is 3.67. The van der Waals surface area contributed by atoms with Crippen molar-refractivity contribution in [2.24, 2.45) is 34.5 Å². The fourth-order valence-electron chi connectivity index (χ4n) is 5.74. The van der Waals surface area contributed by atoms with Crippen molar-refractivity contribution in [3.63, 3.8) is 0 Å². The first-order valence-corrected chi connectivity index (χ1v) is 6.96. The lowest BCUT2D eigenvalue weighted by atomic mass is 9.35. The van der Waals surface area contributed by atoms with Gasteiger partial charge in [-0.05, 0) is 48.3 Å². The fourth-order valence-corrected chi connectivity index (χ4v) is 5.74. The first-order valence-electron chi connectivity index (χ1n) is 6.96. The van der Waals surface area contributed by atoms with Crippen LogP contribution in [0.5, 0.6) is 0 Å². The quantitative estimate of drug-likeness (QED) is 0.608. The van der Waals surface area contributed by atoms with Gasteiger partial charge in [-0.3, -0.25) is 4.79 Å². The highest BCUT2D eigenvalue weighted by Crippen LogP contribution is 2.76. The first kappa shape index (κ1) is 10.8. The summed E-state index contributed by atoms with van der Waals surface area (Å²) in [4.78, 5) is 12.5. The van der Waals surface area contributed by atoms with E-state index in [2.05, 4.69) is 27.7 Å². The van der Waals surface area contributed by atoms with Crippen molar-refractivity contribution in [2.45, 2.75) is 53.4 Å². The second-order valence-corrected chi connectivity index (χ2v) is 7.24. The number of carbonyl (C=O) groups is 1. The van der Waals surface area contributed by atoms with Crippen molar-refractivity contribution in [3.8, 4) is 0 Å². The van der Waals surface area contributed by atoms with Crippen LogP contribution in [0, 0.1) is 34.5 Å². The predicted molar refractivity (Wildman–Crippen MR) is 65.0 cm³/mol. The Morgan fingerprint density at radius 2 is 1.81 bits per heavy atom. The van der Waals surface area contributed by atoms with Crippen LogP contribution in [0.25, 0.3) is 0 Å². The van der Waals surface area contributed by atoms with Crippen molar-refractivity contribution >= 4 is 5.78 Å². The zero-order chi connectivity index (χ0) is 11.7. The summed E-state index contributed by atoms with van der Waals surface area (Å²) in [6.07, 6.45) is 5.19. The molecule has 0 aromatic carbocycles. The molecule has 1 heteroatoms. The van der Waals surface area contributed by atoms with Crippen LogP contribution in [0.4, 0.5) is 0 Å². The minimum atomic E-state index is 0.288. The van der Waals surface area contributed by atoms with Gasteiger partial charge in [-0.15, -0.1) is 0 Å². The molecule has 5 atom stereocenters. The molecule has 16 heavy (non-hydrogen) atoms. The molecule has 90 valence electrons. The Balaban J connectivity index is 2.04. The molecule has 1 spiro atoms. The third kappa shape index (κ3) is 0.926. The van der Waals surface area contributed by atoms with Gasteiger partial charge in [0, 0.05) is 11.8 Å². The zero-order valence-corrected chi connectivity index (χ0v) is 11.0. The molecule has 0 heterocycles. The second kappa shape index (κ2) is 2.91. The molecule has 0 amide bonds. The number of hydrogen-bond donors (Lipinski definition) is 0. The number of rotatable bonds is 0. The summed E-state index contributed by atoms with van der Waals surface area (Å²) in [6.45, 7) is 9.22. The summed E-state index contributed by atoms with van der Waals surface area (Å²) in [6, 6.07) is 0. The molecule has 3 aliphatic rings. The lowest BCUT2D eigenvalue weighted by Gasteiger charge is -2.68. The molecule has 0 radical (unpaired) electrons. The number of ketones is 1. The molecule has 3 rings (SSSR count). The van der Waals surface area contributed by atoms with E-state index in [9.17, 15) is 4.79 Å². The minimum absolute atomic E-state index is 0.288. The van der Waals surface area contributed by atoms with Gasteiger partial charge in [0.05, 0.1) is 0 Å². The van der Waals surface area contributed by atoms with E-state index in [1.807, 2.05) is 0 Å². The molecular weight excluding hydrogens is 196 g/mol. The molecule has 0 unspecified atom stereocenters. The Hall–Kier alpha value is -0.330. The average molecular weight is 220 g/mol. The summed E-state index contributed by atoms with van der Waals surface area (Å²) in [5.41, 5.74) is 0.712. The van der Waals surface area contributed by atoms with Crippen molar-refractivity contribution in [3.05, 3.63) is 0 Å². The molecule has 0 aromatic heterocycles. The summed E-state index contributed by atoms with van der Waals surface area (Å²) in [5, 5.41) is 0. The van der Waals surface area contributed by atoms with Gasteiger partial charge in [0.25, 0.3) is 0 Å². The van der Waals surface area contributed by atoms with E-state index in [1.165, 1.54) is 19.3 Å². The van der Waals surface area contributed by atoms with Gasteiger partial charge in [0.1, 0.15) is 5.78 Å². The third-order valence-electron chi connectivity index (χ3n) is 6.41. The van der Waals surface area contributed by atoms with Gasteiger partial charge in [0.15, 0.2) is 0 Å². The van der Waals surface area contributed by atoms with Crippen molar-refractivity contribution in [1.29, 1.82) is 0 Å². The van der Waals surface area contributed by atoms with E-state index in [1.54, 1.807) is 0 Å². The Morgan fingerprint density at radius 3 is 2.50 bits per heavy atom. The van der Waals surface area contributed by atoms with Crippen LogP contribution in [0.2, 0.25) is 0 Å². The van der Waals surface area contributed by atoms with E-state index in [0.717, 1.165) is 18.3 Å². The summed E-state index contributed by atoms with van der Waals surface area (Å²) >= 11 is 0. The standard InChI is InChI=1S/C15H24O/c1-9-7-8-15-10(2)5-6-11(15)14(3,4)13(15)12(9)16/h9-11,13H,5-8H2,1-4H3/t9-,10+,11+,13+,15+/m1/s1. The van der Waals surface area contributed by atoms with Crippen molar-refractivity contribution in [2.75, 3.05) is 0 Å². The number of Topliss-reactive ketones (excluding diaryl/α,β-unsaturated/α-hetero) is 1. The molecule has 3 saturated carbocycles. The van der Waals surface area contributed by atoms with E-state index in [4.69, 9.17) is 0 Å². The maximum Gasteiger partial charge on any atom is 0.139 e. The highest BCUT2D eigenvalue weighted by molar-refractivity contribution is 5.87. The van der Waals surface area contributed by atoms with E-state index in [-0.39, 0.29) is 5.41 Å². The fraction of sp³-hybridized carbons (Fsp3) is 0.933. The number of carbonyl (C=O) groups excluding carboxylic acids is 1. The first-order chi connectivity index (χ1) is 7.42. The Kier molecular flexibility index (Phi) is 1.97. The smallest absolute Gasteiger partial charge is 0.139 e. The average Bonchev–Trinajstić information content (AvgIpc) is 2.48. The molecular formula is C15H24O. The van der Waals surface area contributed by atoms with Gasteiger partial charge in [0.2, 0.25) is 0 Å². The lowest BCUT2D eigenvalue weighted by Crippen LogP contribution is -2.67. The molecule has 0 aliphatic heterocycles.